The van der Waals surface area contributed by atoms with Crippen molar-refractivity contribution in [2.45, 2.75) is 38.7 Å². The molecule has 2 heteroatoms. The molecule has 1 fully saturated rings. The fourth-order valence-corrected chi connectivity index (χ4v) is 1.77. The maximum absolute atomic E-state index is 5.67. The molecule has 0 aromatic heterocycles. The summed E-state index contributed by atoms with van der Waals surface area (Å²) in [6, 6.07) is 8.32. The molecule has 1 atom stereocenters. The Bertz CT molecular complexity index is 380. The van der Waals surface area contributed by atoms with Crippen molar-refractivity contribution in [2.24, 2.45) is 0 Å². The van der Waals surface area contributed by atoms with E-state index in [4.69, 9.17) is 9.47 Å². The number of hydrogen-bond acceptors (Lipinski definition) is 2. The third-order valence-corrected chi connectivity index (χ3v) is 2.98. The third kappa shape index (κ3) is 4.92. The number of rotatable bonds is 8. The van der Waals surface area contributed by atoms with E-state index in [0.29, 0.717) is 12.7 Å². The Morgan fingerprint density at radius 1 is 1.39 bits per heavy atom. The van der Waals surface area contributed by atoms with Gasteiger partial charge in [-0.1, -0.05) is 44.1 Å². The minimum atomic E-state index is 0.322. The first-order chi connectivity index (χ1) is 8.88. The maximum atomic E-state index is 5.67. The van der Waals surface area contributed by atoms with Gasteiger partial charge in [0.1, 0.15) is 18.5 Å². The van der Waals surface area contributed by atoms with Crippen LogP contribution in [-0.2, 0) is 11.2 Å². The van der Waals surface area contributed by atoms with Crippen LogP contribution in [0, 0.1) is 0 Å². The third-order valence-electron chi connectivity index (χ3n) is 2.98. The van der Waals surface area contributed by atoms with Crippen LogP contribution in [0.15, 0.2) is 36.4 Å². The second kappa shape index (κ2) is 7.22. The van der Waals surface area contributed by atoms with Crippen molar-refractivity contribution >= 4 is 0 Å². The zero-order valence-electron chi connectivity index (χ0n) is 11.1. The zero-order valence-corrected chi connectivity index (χ0v) is 11.1. The van der Waals surface area contributed by atoms with Crippen LogP contribution in [0.1, 0.15) is 31.7 Å². The Hall–Kier alpha value is -1.28. The van der Waals surface area contributed by atoms with Crippen LogP contribution in [-0.4, -0.2) is 19.3 Å². The van der Waals surface area contributed by atoms with E-state index in [0.717, 1.165) is 18.8 Å². The monoisotopic (exact) mass is 246 g/mol. The largest absolute Gasteiger partial charge is 0.491 e. The summed E-state index contributed by atoms with van der Waals surface area (Å²) in [5, 5.41) is 0. The van der Waals surface area contributed by atoms with E-state index >= 15 is 0 Å². The van der Waals surface area contributed by atoms with E-state index in [9.17, 15) is 0 Å². The average molecular weight is 246 g/mol. The highest BCUT2D eigenvalue weighted by Gasteiger charge is 2.22. The molecule has 1 aromatic carbocycles. The molecule has 1 heterocycles. The van der Waals surface area contributed by atoms with E-state index in [2.05, 4.69) is 37.3 Å². The Labute approximate surface area is 110 Å². The topological polar surface area (TPSA) is 21.8 Å². The summed E-state index contributed by atoms with van der Waals surface area (Å²) < 4.78 is 10.8. The van der Waals surface area contributed by atoms with Gasteiger partial charge in [-0.05, 0) is 30.5 Å². The lowest BCUT2D eigenvalue weighted by Gasteiger charge is -2.05. The van der Waals surface area contributed by atoms with Gasteiger partial charge in [-0.25, -0.2) is 0 Å². The van der Waals surface area contributed by atoms with Crippen molar-refractivity contribution in [3.05, 3.63) is 42.0 Å². The predicted molar refractivity (Wildman–Crippen MR) is 74.0 cm³/mol. The summed E-state index contributed by atoms with van der Waals surface area (Å²) in [6.07, 6.45) is 9.56. The van der Waals surface area contributed by atoms with Gasteiger partial charge < -0.3 is 9.47 Å². The van der Waals surface area contributed by atoms with Crippen molar-refractivity contribution in [1.82, 2.24) is 0 Å². The lowest BCUT2D eigenvalue weighted by Crippen LogP contribution is -2.04. The van der Waals surface area contributed by atoms with Crippen LogP contribution in [0.2, 0.25) is 0 Å². The standard InChI is InChI=1S/C16H22O2/c1-2-3-4-5-6-8-14-9-7-10-15(11-14)17-12-16-13-18-16/h5-7,9-11,16H,2-4,8,12-13H2,1H3/b6-5+. The van der Waals surface area contributed by atoms with E-state index in [1.807, 2.05) is 6.07 Å². The molecule has 2 nitrogen and oxygen atoms in total. The molecule has 0 saturated carbocycles. The fraction of sp³-hybridized carbons (Fsp3) is 0.500. The number of epoxide rings is 1. The molecule has 2 rings (SSSR count). The van der Waals surface area contributed by atoms with Gasteiger partial charge in [-0.15, -0.1) is 0 Å². The molecule has 0 bridgehead atoms. The second-order valence-electron chi connectivity index (χ2n) is 4.73. The Morgan fingerprint density at radius 2 is 2.28 bits per heavy atom. The molecular formula is C16H22O2. The summed E-state index contributed by atoms with van der Waals surface area (Å²) in [6.45, 7) is 3.74. The van der Waals surface area contributed by atoms with Gasteiger partial charge in [-0.3, -0.25) is 0 Å². The molecule has 0 amide bonds. The molecule has 1 unspecified atom stereocenters. The quantitative estimate of drug-likeness (QED) is 0.396. The smallest absolute Gasteiger partial charge is 0.119 e. The molecule has 1 aliphatic rings. The van der Waals surface area contributed by atoms with Crippen molar-refractivity contribution in [1.29, 1.82) is 0 Å². The van der Waals surface area contributed by atoms with Crippen LogP contribution in [0.4, 0.5) is 0 Å². The van der Waals surface area contributed by atoms with Gasteiger partial charge in [0.05, 0.1) is 6.61 Å². The van der Waals surface area contributed by atoms with Crippen LogP contribution in [0.3, 0.4) is 0 Å². The Morgan fingerprint density at radius 3 is 3.06 bits per heavy atom. The number of unbranched alkanes of at least 4 members (excludes halogenated alkanes) is 2. The highest BCUT2D eigenvalue weighted by Crippen LogP contribution is 2.17. The summed E-state index contributed by atoms with van der Waals surface area (Å²) in [5.74, 6) is 0.949. The summed E-state index contributed by atoms with van der Waals surface area (Å²) in [5.41, 5.74) is 1.30. The SMILES string of the molecule is CCCC/C=C/Cc1cccc(OCC2CO2)c1. The molecule has 98 valence electrons. The van der Waals surface area contributed by atoms with Gasteiger partial charge in [0, 0.05) is 0 Å². The van der Waals surface area contributed by atoms with Crippen molar-refractivity contribution < 1.29 is 9.47 Å². The van der Waals surface area contributed by atoms with Gasteiger partial charge >= 0.3 is 0 Å². The first kappa shape index (κ1) is 13.2. The lowest BCUT2D eigenvalue weighted by atomic mass is 10.1. The number of hydrogen-bond donors (Lipinski definition) is 0. The average Bonchev–Trinajstić information content (AvgIpc) is 3.21. The van der Waals surface area contributed by atoms with Gasteiger partial charge in [0.25, 0.3) is 0 Å². The molecule has 0 radical (unpaired) electrons. The molecule has 0 N–H and O–H groups in total. The van der Waals surface area contributed by atoms with Gasteiger partial charge in [0.2, 0.25) is 0 Å². The minimum Gasteiger partial charge on any atom is -0.491 e. The molecule has 1 aromatic rings. The fourth-order valence-electron chi connectivity index (χ4n) is 1.77. The Kier molecular flexibility index (Phi) is 5.28. The highest BCUT2D eigenvalue weighted by molar-refractivity contribution is 5.29. The summed E-state index contributed by atoms with van der Waals surface area (Å²) in [4.78, 5) is 0. The van der Waals surface area contributed by atoms with Crippen LogP contribution in [0.5, 0.6) is 5.75 Å². The lowest BCUT2D eigenvalue weighted by molar-refractivity contribution is 0.263. The van der Waals surface area contributed by atoms with Crippen molar-refractivity contribution in [3.63, 3.8) is 0 Å². The van der Waals surface area contributed by atoms with Crippen LogP contribution < -0.4 is 4.74 Å². The summed E-state index contributed by atoms with van der Waals surface area (Å²) in [7, 11) is 0. The molecule has 0 aliphatic carbocycles. The summed E-state index contributed by atoms with van der Waals surface area (Å²) >= 11 is 0. The molecule has 0 spiro atoms. The minimum absolute atomic E-state index is 0.322. The normalized spacial score (nSPS) is 18.2. The van der Waals surface area contributed by atoms with E-state index in [1.165, 1.54) is 24.8 Å². The van der Waals surface area contributed by atoms with E-state index in [-0.39, 0.29) is 0 Å². The molecule has 1 aliphatic heterocycles. The first-order valence-electron chi connectivity index (χ1n) is 6.87. The van der Waals surface area contributed by atoms with Crippen LogP contribution >= 0.6 is 0 Å². The molecule has 1 saturated heterocycles. The number of benzene rings is 1. The van der Waals surface area contributed by atoms with Crippen molar-refractivity contribution in [2.75, 3.05) is 13.2 Å². The van der Waals surface area contributed by atoms with Gasteiger partial charge in [-0.2, -0.15) is 0 Å². The second-order valence-corrected chi connectivity index (χ2v) is 4.73. The zero-order chi connectivity index (χ0) is 12.6. The maximum Gasteiger partial charge on any atom is 0.119 e. The van der Waals surface area contributed by atoms with Crippen LogP contribution in [0.25, 0.3) is 0 Å². The Balaban J connectivity index is 1.76. The van der Waals surface area contributed by atoms with E-state index in [1.54, 1.807) is 0 Å². The molecular weight excluding hydrogens is 224 g/mol. The number of allylic oxidation sites excluding steroid dienone is 2. The first-order valence-corrected chi connectivity index (χ1v) is 6.87. The van der Waals surface area contributed by atoms with E-state index < -0.39 is 0 Å². The van der Waals surface area contributed by atoms with Crippen molar-refractivity contribution in [3.8, 4) is 5.75 Å². The number of ether oxygens (including phenoxy) is 2. The molecule has 18 heavy (non-hydrogen) atoms. The highest BCUT2D eigenvalue weighted by atomic mass is 16.6. The van der Waals surface area contributed by atoms with Gasteiger partial charge in [0.15, 0.2) is 0 Å². The predicted octanol–water partition coefficient (Wildman–Crippen LogP) is 3.75.